The third kappa shape index (κ3) is 3.69. The maximum atomic E-state index is 11.4. The number of hydrogen-bond acceptors (Lipinski definition) is 5. The van der Waals surface area contributed by atoms with E-state index in [0.29, 0.717) is 0 Å². The quantitative estimate of drug-likeness (QED) is 0.483. The van der Waals surface area contributed by atoms with Crippen molar-refractivity contribution in [3.8, 4) is 0 Å². The molecule has 0 amide bonds. The zero-order valence-electron chi connectivity index (χ0n) is 10.7. The van der Waals surface area contributed by atoms with Crippen molar-refractivity contribution >= 4 is 29.3 Å². The summed E-state index contributed by atoms with van der Waals surface area (Å²) >= 11 is 5.98. The lowest BCUT2D eigenvalue weighted by atomic mass is 10.1. The van der Waals surface area contributed by atoms with Gasteiger partial charge in [-0.1, -0.05) is 11.6 Å². The van der Waals surface area contributed by atoms with Gasteiger partial charge < -0.3 is 9.64 Å². The molecule has 0 aliphatic heterocycles. The van der Waals surface area contributed by atoms with Gasteiger partial charge in [-0.2, -0.15) is 0 Å². The average Bonchev–Trinajstić information content (AvgIpc) is 2.35. The van der Waals surface area contributed by atoms with Gasteiger partial charge in [-0.25, -0.2) is 4.79 Å². The van der Waals surface area contributed by atoms with Crippen molar-refractivity contribution in [1.29, 1.82) is 0 Å². The summed E-state index contributed by atoms with van der Waals surface area (Å²) in [5, 5.41) is 11.1. The fraction of sp³-hybridized carbons (Fsp3) is 0.250. The Balaban J connectivity index is 3.39. The lowest BCUT2D eigenvalue weighted by molar-refractivity contribution is -0.385. The molecule has 0 saturated heterocycles. The van der Waals surface area contributed by atoms with Crippen molar-refractivity contribution in [2.75, 3.05) is 21.2 Å². The molecule has 0 aromatic heterocycles. The van der Waals surface area contributed by atoms with Crippen molar-refractivity contribution in [1.82, 2.24) is 4.90 Å². The normalized spacial score (nSPS) is 10.5. The summed E-state index contributed by atoms with van der Waals surface area (Å²) in [6.45, 7) is 0. The Morgan fingerprint density at radius 1 is 1.47 bits per heavy atom. The van der Waals surface area contributed by atoms with Crippen molar-refractivity contribution < 1.29 is 14.5 Å². The van der Waals surface area contributed by atoms with Crippen molar-refractivity contribution in [3.05, 3.63) is 44.6 Å². The Morgan fingerprint density at radius 2 is 2.11 bits per heavy atom. The standard InChI is InChI=1S/C12H13ClN2O4/c1-14(2)5-4-9-10(13)6-8(12(16)19-3)7-11(9)15(17)18/h4-7H,1-3H3/b5-4+. The second kappa shape index (κ2) is 6.19. The number of nitro benzene ring substituents is 1. The molecule has 19 heavy (non-hydrogen) atoms. The number of carbonyl (C=O) groups is 1. The number of ether oxygens (including phenoxy) is 1. The van der Waals surface area contributed by atoms with Gasteiger partial charge in [0.25, 0.3) is 5.69 Å². The van der Waals surface area contributed by atoms with Crippen LogP contribution in [-0.4, -0.2) is 37.0 Å². The van der Waals surface area contributed by atoms with E-state index >= 15 is 0 Å². The number of esters is 1. The monoisotopic (exact) mass is 284 g/mol. The van der Waals surface area contributed by atoms with Gasteiger partial charge in [-0.15, -0.1) is 0 Å². The molecule has 0 spiro atoms. The summed E-state index contributed by atoms with van der Waals surface area (Å²) in [7, 11) is 4.75. The first-order valence-corrected chi connectivity index (χ1v) is 5.65. The molecule has 0 fully saturated rings. The third-order valence-corrected chi connectivity index (χ3v) is 2.58. The molecular formula is C12H13ClN2O4. The minimum Gasteiger partial charge on any atom is -0.465 e. The minimum atomic E-state index is -0.673. The summed E-state index contributed by atoms with van der Waals surface area (Å²) in [5.74, 6) is -0.673. The molecule has 102 valence electrons. The Kier molecular flexibility index (Phi) is 4.88. The maximum Gasteiger partial charge on any atom is 0.338 e. The molecule has 0 aliphatic rings. The largest absolute Gasteiger partial charge is 0.465 e. The zero-order chi connectivity index (χ0) is 14.6. The highest BCUT2D eigenvalue weighted by molar-refractivity contribution is 6.32. The van der Waals surface area contributed by atoms with Crippen molar-refractivity contribution in [2.45, 2.75) is 0 Å². The fourth-order valence-corrected chi connectivity index (χ4v) is 1.66. The predicted octanol–water partition coefficient (Wildman–Crippen LogP) is 2.57. The molecular weight excluding hydrogens is 272 g/mol. The summed E-state index contributed by atoms with van der Waals surface area (Å²) in [6, 6.07) is 2.49. The molecule has 0 atom stereocenters. The van der Waals surface area contributed by atoms with Crippen LogP contribution < -0.4 is 0 Å². The van der Waals surface area contributed by atoms with E-state index in [-0.39, 0.29) is 21.8 Å². The van der Waals surface area contributed by atoms with Gasteiger partial charge in [-0.3, -0.25) is 10.1 Å². The molecule has 0 saturated carbocycles. The number of carbonyl (C=O) groups excluding carboxylic acids is 1. The molecule has 0 aliphatic carbocycles. The Labute approximate surface area is 115 Å². The van der Waals surface area contributed by atoms with Crippen LogP contribution in [0.3, 0.4) is 0 Å². The molecule has 1 aromatic carbocycles. The number of hydrogen-bond donors (Lipinski definition) is 0. The van der Waals surface area contributed by atoms with Crippen LogP contribution in [0.4, 0.5) is 5.69 Å². The van der Waals surface area contributed by atoms with Gasteiger partial charge in [0.05, 0.1) is 28.2 Å². The molecule has 0 heterocycles. The highest BCUT2D eigenvalue weighted by Gasteiger charge is 2.20. The van der Waals surface area contributed by atoms with Crippen LogP contribution in [0.1, 0.15) is 15.9 Å². The number of methoxy groups -OCH3 is 1. The molecule has 6 nitrogen and oxygen atoms in total. The first kappa shape index (κ1) is 15.0. The van der Waals surface area contributed by atoms with E-state index in [1.165, 1.54) is 19.3 Å². The molecule has 0 radical (unpaired) electrons. The van der Waals surface area contributed by atoms with Crippen LogP contribution in [0.2, 0.25) is 5.02 Å². The highest BCUT2D eigenvalue weighted by atomic mass is 35.5. The SMILES string of the molecule is COC(=O)c1cc(Cl)c(/C=C/N(C)C)c([N+](=O)[O-])c1. The molecule has 7 heteroatoms. The van der Waals surface area contributed by atoms with Crippen LogP contribution >= 0.6 is 11.6 Å². The van der Waals surface area contributed by atoms with Gasteiger partial charge in [0.2, 0.25) is 0 Å². The first-order valence-electron chi connectivity index (χ1n) is 5.27. The van der Waals surface area contributed by atoms with Crippen LogP contribution in [0.15, 0.2) is 18.3 Å². The Bertz CT molecular complexity index is 541. The topological polar surface area (TPSA) is 72.7 Å². The summed E-state index contributed by atoms with van der Waals surface area (Å²) in [4.78, 5) is 23.5. The summed E-state index contributed by atoms with van der Waals surface area (Å²) in [5.41, 5.74) is 0.0419. The van der Waals surface area contributed by atoms with E-state index in [4.69, 9.17) is 11.6 Å². The second-order valence-electron chi connectivity index (χ2n) is 3.92. The fourth-order valence-electron chi connectivity index (χ4n) is 1.38. The molecule has 0 bridgehead atoms. The van der Waals surface area contributed by atoms with Gasteiger partial charge in [0.1, 0.15) is 0 Å². The lowest BCUT2D eigenvalue weighted by Gasteiger charge is -2.07. The minimum absolute atomic E-state index is 0.0428. The number of benzene rings is 1. The van der Waals surface area contributed by atoms with Crippen LogP contribution in [0.25, 0.3) is 6.08 Å². The van der Waals surface area contributed by atoms with E-state index < -0.39 is 10.9 Å². The van der Waals surface area contributed by atoms with Crippen LogP contribution in [-0.2, 0) is 4.74 Å². The zero-order valence-corrected chi connectivity index (χ0v) is 11.5. The second-order valence-corrected chi connectivity index (χ2v) is 4.33. The number of halogens is 1. The summed E-state index contributed by atoms with van der Waals surface area (Å²) < 4.78 is 4.52. The van der Waals surface area contributed by atoms with Gasteiger partial charge in [-0.05, 0) is 18.3 Å². The number of nitrogens with zero attached hydrogens (tertiary/aromatic N) is 2. The van der Waals surface area contributed by atoms with Crippen LogP contribution in [0.5, 0.6) is 0 Å². The van der Waals surface area contributed by atoms with E-state index in [9.17, 15) is 14.9 Å². The highest BCUT2D eigenvalue weighted by Crippen LogP contribution is 2.30. The molecule has 0 N–H and O–H groups in total. The van der Waals surface area contributed by atoms with Gasteiger partial charge in [0, 0.05) is 20.2 Å². The molecule has 1 aromatic rings. The van der Waals surface area contributed by atoms with E-state index in [1.807, 2.05) is 0 Å². The average molecular weight is 285 g/mol. The smallest absolute Gasteiger partial charge is 0.338 e. The Hall–Kier alpha value is -2.08. The van der Waals surface area contributed by atoms with Gasteiger partial charge >= 0.3 is 5.97 Å². The van der Waals surface area contributed by atoms with E-state index in [0.717, 1.165) is 6.07 Å². The number of rotatable bonds is 4. The first-order chi connectivity index (χ1) is 8.86. The van der Waals surface area contributed by atoms with E-state index in [2.05, 4.69) is 4.74 Å². The molecule has 0 unspecified atom stereocenters. The summed E-state index contributed by atoms with van der Waals surface area (Å²) in [6.07, 6.45) is 3.15. The maximum absolute atomic E-state index is 11.4. The lowest BCUT2D eigenvalue weighted by Crippen LogP contribution is -2.04. The van der Waals surface area contributed by atoms with E-state index in [1.54, 1.807) is 25.2 Å². The number of nitro groups is 1. The molecule has 1 rings (SSSR count). The van der Waals surface area contributed by atoms with Crippen molar-refractivity contribution in [2.24, 2.45) is 0 Å². The van der Waals surface area contributed by atoms with Crippen molar-refractivity contribution in [3.63, 3.8) is 0 Å². The predicted molar refractivity (Wildman–Crippen MR) is 72.2 cm³/mol. The third-order valence-electron chi connectivity index (χ3n) is 2.26. The van der Waals surface area contributed by atoms with Crippen LogP contribution in [0, 0.1) is 10.1 Å². The Morgan fingerprint density at radius 3 is 2.58 bits per heavy atom. The van der Waals surface area contributed by atoms with Gasteiger partial charge in [0.15, 0.2) is 0 Å².